The predicted molar refractivity (Wildman–Crippen MR) is 128 cm³/mol. The van der Waals surface area contributed by atoms with Gasteiger partial charge >= 0.3 is 0 Å². The highest BCUT2D eigenvalue weighted by molar-refractivity contribution is 6.33. The van der Waals surface area contributed by atoms with Crippen molar-refractivity contribution in [2.45, 2.75) is 26.3 Å². The van der Waals surface area contributed by atoms with Crippen molar-refractivity contribution in [3.05, 3.63) is 77.2 Å². The lowest BCUT2D eigenvalue weighted by molar-refractivity contribution is -0.116. The first-order valence-corrected chi connectivity index (χ1v) is 10.9. The maximum atomic E-state index is 12.4. The minimum absolute atomic E-state index is 0.0415. The summed E-state index contributed by atoms with van der Waals surface area (Å²) in [5.41, 5.74) is 2.01. The Morgan fingerprint density at radius 2 is 1.79 bits per heavy atom. The number of rotatable bonds is 10. The summed E-state index contributed by atoms with van der Waals surface area (Å²) in [4.78, 5) is 36.6. The number of carbonyl (C=O) groups is 3. The molecule has 1 aromatic heterocycles. The van der Waals surface area contributed by atoms with E-state index < -0.39 is 0 Å². The van der Waals surface area contributed by atoms with Crippen LogP contribution in [0.2, 0.25) is 5.02 Å². The standard InChI is InChI=1S/C24H25ClN4O4/c1-2-5-22(30)28-18-9-10-20(25)21(13-18)29-23(31)15-26-17-7-3-6-16(12-17)24(32)27-14-19-8-4-11-33-19/h3-4,6-13,26H,2,5,14-15H2,1H3,(H,27,32)(H,28,30)(H,29,31). The smallest absolute Gasteiger partial charge is 0.251 e. The molecule has 9 heteroatoms. The van der Waals surface area contributed by atoms with E-state index in [9.17, 15) is 14.4 Å². The largest absolute Gasteiger partial charge is 0.467 e. The molecule has 172 valence electrons. The van der Waals surface area contributed by atoms with Crippen LogP contribution >= 0.6 is 11.6 Å². The van der Waals surface area contributed by atoms with Gasteiger partial charge < -0.3 is 25.7 Å². The molecule has 0 atom stereocenters. The van der Waals surface area contributed by atoms with Gasteiger partial charge in [-0.15, -0.1) is 0 Å². The Morgan fingerprint density at radius 3 is 2.55 bits per heavy atom. The zero-order valence-electron chi connectivity index (χ0n) is 18.1. The molecule has 4 N–H and O–H groups in total. The number of hydrogen-bond acceptors (Lipinski definition) is 5. The van der Waals surface area contributed by atoms with Gasteiger partial charge in [-0.1, -0.05) is 24.6 Å². The SMILES string of the molecule is CCCC(=O)Nc1ccc(Cl)c(NC(=O)CNc2cccc(C(=O)NCc3ccco3)c2)c1. The molecule has 8 nitrogen and oxygen atoms in total. The molecule has 0 aliphatic rings. The van der Waals surface area contributed by atoms with E-state index in [1.54, 1.807) is 60.9 Å². The predicted octanol–water partition coefficient (Wildman–Crippen LogP) is 4.65. The number of halogens is 1. The third kappa shape index (κ3) is 7.40. The molecule has 0 radical (unpaired) electrons. The Balaban J connectivity index is 1.54. The van der Waals surface area contributed by atoms with Gasteiger partial charge in [0.1, 0.15) is 5.76 Å². The van der Waals surface area contributed by atoms with Crippen LogP contribution in [0, 0.1) is 0 Å². The topological polar surface area (TPSA) is 112 Å². The molecule has 0 spiro atoms. The average Bonchev–Trinajstić information content (AvgIpc) is 3.32. The molecule has 0 saturated heterocycles. The number of anilines is 3. The molecule has 0 fully saturated rings. The van der Waals surface area contributed by atoms with E-state index in [0.717, 1.165) is 6.42 Å². The average molecular weight is 469 g/mol. The van der Waals surface area contributed by atoms with Gasteiger partial charge in [0.15, 0.2) is 0 Å². The van der Waals surface area contributed by atoms with Crippen molar-refractivity contribution in [3.63, 3.8) is 0 Å². The Bertz CT molecular complexity index is 1120. The van der Waals surface area contributed by atoms with E-state index in [0.29, 0.717) is 39.8 Å². The minimum atomic E-state index is -0.332. The normalized spacial score (nSPS) is 10.4. The van der Waals surface area contributed by atoms with Crippen molar-refractivity contribution in [1.82, 2.24) is 5.32 Å². The second-order valence-corrected chi connectivity index (χ2v) is 7.64. The summed E-state index contributed by atoms with van der Waals surface area (Å²) in [6.07, 6.45) is 2.69. The monoisotopic (exact) mass is 468 g/mol. The summed E-state index contributed by atoms with van der Waals surface area (Å²) in [6.45, 7) is 2.16. The van der Waals surface area contributed by atoms with Crippen LogP contribution < -0.4 is 21.3 Å². The Labute approximate surface area is 196 Å². The van der Waals surface area contributed by atoms with Gasteiger partial charge in [0.05, 0.1) is 30.1 Å². The Kier molecular flexibility index (Phi) is 8.49. The number of hydrogen-bond donors (Lipinski definition) is 4. The number of amides is 3. The van der Waals surface area contributed by atoms with Crippen molar-refractivity contribution in [2.24, 2.45) is 0 Å². The number of carbonyl (C=O) groups excluding carboxylic acids is 3. The highest BCUT2D eigenvalue weighted by atomic mass is 35.5. The quantitative estimate of drug-likeness (QED) is 0.346. The van der Waals surface area contributed by atoms with Crippen LogP contribution in [0.25, 0.3) is 0 Å². The lowest BCUT2D eigenvalue weighted by Gasteiger charge is -2.12. The number of nitrogens with one attached hydrogen (secondary N) is 4. The fourth-order valence-electron chi connectivity index (χ4n) is 2.98. The molecule has 0 unspecified atom stereocenters. The number of benzene rings is 2. The van der Waals surface area contributed by atoms with Crippen molar-refractivity contribution in [1.29, 1.82) is 0 Å². The van der Waals surface area contributed by atoms with Crippen molar-refractivity contribution in [3.8, 4) is 0 Å². The zero-order chi connectivity index (χ0) is 23.6. The molecule has 1 heterocycles. The van der Waals surface area contributed by atoms with E-state index in [1.165, 1.54) is 0 Å². The molecule has 3 aromatic rings. The van der Waals surface area contributed by atoms with Gasteiger partial charge in [-0.25, -0.2) is 0 Å². The summed E-state index contributed by atoms with van der Waals surface area (Å²) < 4.78 is 5.20. The van der Waals surface area contributed by atoms with Crippen LogP contribution in [0.3, 0.4) is 0 Å². The summed E-state index contributed by atoms with van der Waals surface area (Å²) in [5, 5.41) is 11.6. The molecule has 3 rings (SSSR count). The summed E-state index contributed by atoms with van der Waals surface area (Å²) in [5.74, 6) is -0.0383. The lowest BCUT2D eigenvalue weighted by atomic mass is 10.2. The zero-order valence-corrected chi connectivity index (χ0v) is 18.9. The summed E-state index contributed by atoms with van der Waals surface area (Å²) in [6, 6.07) is 15.2. The molecule has 0 aliphatic heterocycles. The van der Waals surface area contributed by atoms with Gasteiger partial charge in [-0.3, -0.25) is 14.4 Å². The highest BCUT2D eigenvalue weighted by Crippen LogP contribution is 2.25. The van der Waals surface area contributed by atoms with Crippen LogP contribution in [-0.2, 0) is 16.1 Å². The van der Waals surface area contributed by atoms with Crippen molar-refractivity contribution in [2.75, 3.05) is 22.5 Å². The molecule has 2 aromatic carbocycles. The second kappa shape index (κ2) is 11.7. The second-order valence-electron chi connectivity index (χ2n) is 7.24. The molecule has 0 bridgehead atoms. The minimum Gasteiger partial charge on any atom is -0.467 e. The third-order valence-electron chi connectivity index (χ3n) is 4.58. The molecule has 3 amide bonds. The van der Waals surface area contributed by atoms with E-state index in [1.807, 2.05) is 6.92 Å². The maximum absolute atomic E-state index is 12.4. The first-order valence-electron chi connectivity index (χ1n) is 10.5. The summed E-state index contributed by atoms with van der Waals surface area (Å²) in [7, 11) is 0. The first kappa shape index (κ1) is 23.9. The lowest BCUT2D eigenvalue weighted by Crippen LogP contribution is -2.24. The molecular formula is C24H25ClN4O4. The van der Waals surface area contributed by atoms with Crippen LogP contribution in [-0.4, -0.2) is 24.3 Å². The Hall–Kier alpha value is -3.78. The third-order valence-corrected chi connectivity index (χ3v) is 4.91. The van der Waals surface area contributed by atoms with E-state index in [2.05, 4.69) is 21.3 Å². The van der Waals surface area contributed by atoms with Gasteiger partial charge in [0, 0.05) is 23.4 Å². The van der Waals surface area contributed by atoms with Gasteiger partial charge in [-0.2, -0.15) is 0 Å². The van der Waals surface area contributed by atoms with Crippen molar-refractivity contribution < 1.29 is 18.8 Å². The molecular weight excluding hydrogens is 444 g/mol. The van der Waals surface area contributed by atoms with Gasteiger partial charge in [0.25, 0.3) is 5.91 Å². The van der Waals surface area contributed by atoms with Crippen LogP contribution in [0.15, 0.2) is 65.3 Å². The van der Waals surface area contributed by atoms with E-state index >= 15 is 0 Å². The van der Waals surface area contributed by atoms with E-state index in [4.69, 9.17) is 16.0 Å². The fraction of sp³-hybridized carbons (Fsp3) is 0.208. The molecule has 0 aliphatic carbocycles. The van der Waals surface area contributed by atoms with Crippen molar-refractivity contribution >= 4 is 46.4 Å². The first-order chi connectivity index (χ1) is 15.9. The number of furan rings is 1. The van der Waals surface area contributed by atoms with Crippen LogP contribution in [0.4, 0.5) is 17.1 Å². The van der Waals surface area contributed by atoms with E-state index in [-0.39, 0.29) is 30.8 Å². The molecule has 33 heavy (non-hydrogen) atoms. The highest BCUT2D eigenvalue weighted by Gasteiger charge is 2.10. The fourth-order valence-corrected chi connectivity index (χ4v) is 3.14. The Morgan fingerprint density at radius 1 is 0.939 bits per heavy atom. The maximum Gasteiger partial charge on any atom is 0.251 e. The van der Waals surface area contributed by atoms with Gasteiger partial charge in [0.2, 0.25) is 11.8 Å². The van der Waals surface area contributed by atoms with Gasteiger partial charge in [-0.05, 0) is 55.0 Å². The molecule has 0 saturated carbocycles. The van der Waals surface area contributed by atoms with Crippen LogP contribution in [0.5, 0.6) is 0 Å². The van der Waals surface area contributed by atoms with Crippen LogP contribution in [0.1, 0.15) is 35.9 Å². The summed E-state index contributed by atoms with van der Waals surface area (Å²) >= 11 is 6.18.